The summed E-state index contributed by atoms with van der Waals surface area (Å²) >= 11 is 1.16. The summed E-state index contributed by atoms with van der Waals surface area (Å²) in [5.41, 5.74) is 0. The average Bonchev–Trinajstić information content (AvgIpc) is 1.91. The van der Waals surface area contributed by atoms with Gasteiger partial charge in [0.1, 0.15) is 0 Å². The van der Waals surface area contributed by atoms with E-state index < -0.39 is 0 Å². The molecule has 0 fully saturated rings. The van der Waals surface area contributed by atoms with Crippen LogP contribution in [-0.4, -0.2) is 27.6 Å². The Bertz CT molecular complexity index is 162. The van der Waals surface area contributed by atoms with Crippen LogP contribution >= 0.6 is 0 Å². The Hall–Kier alpha value is -0.162. The van der Waals surface area contributed by atoms with Gasteiger partial charge in [-0.25, -0.2) is 0 Å². The van der Waals surface area contributed by atoms with Crippen LogP contribution in [0.4, 0.5) is 0 Å². The van der Waals surface area contributed by atoms with Gasteiger partial charge in [-0.15, -0.1) is 0 Å². The van der Waals surface area contributed by atoms with Gasteiger partial charge in [0.2, 0.25) is 0 Å². The second-order valence-corrected chi connectivity index (χ2v) is 2.58. The molecule has 0 bridgehead atoms. The van der Waals surface area contributed by atoms with E-state index in [1.807, 2.05) is 30.3 Å². The number of para-hydroxylation sites is 1. The Kier molecular flexibility index (Phi) is 2.92. The molecular formula is C7H9OSb. The summed E-state index contributed by atoms with van der Waals surface area (Å²) in [7, 11) is 0. The van der Waals surface area contributed by atoms with E-state index >= 15 is 0 Å². The monoisotopic (exact) mass is 230 g/mol. The summed E-state index contributed by atoms with van der Waals surface area (Å²) in [6, 6.07) is 9.88. The molecule has 0 aliphatic rings. The fourth-order valence-electron chi connectivity index (χ4n) is 0.613. The minimum absolute atomic E-state index is 0.870. The van der Waals surface area contributed by atoms with Crippen LogP contribution in [0, 0.1) is 0 Å². The first kappa shape index (κ1) is 6.95. The number of ether oxygens (including phenoxy) is 1. The van der Waals surface area contributed by atoms with Crippen LogP contribution in [0.3, 0.4) is 0 Å². The first-order valence-corrected chi connectivity index (χ1v) is 5.14. The van der Waals surface area contributed by atoms with Crippen molar-refractivity contribution < 1.29 is 4.74 Å². The number of rotatable bonds is 2. The zero-order valence-corrected chi connectivity index (χ0v) is 8.38. The Morgan fingerprint density at radius 2 is 1.89 bits per heavy atom. The van der Waals surface area contributed by atoms with Gasteiger partial charge in [-0.1, -0.05) is 0 Å². The fraction of sp³-hybridized carbons (Fsp3) is 0.143. The van der Waals surface area contributed by atoms with Gasteiger partial charge in [0.25, 0.3) is 0 Å². The van der Waals surface area contributed by atoms with Gasteiger partial charge in [-0.05, 0) is 0 Å². The molecule has 0 spiro atoms. The minimum atomic E-state index is 0.870. The van der Waals surface area contributed by atoms with Crippen LogP contribution in [0.25, 0.3) is 0 Å². The maximum atomic E-state index is 5.26. The van der Waals surface area contributed by atoms with Crippen molar-refractivity contribution in [2.24, 2.45) is 0 Å². The van der Waals surface area contributed by atoms with Crippen molar-refractivity contribution in [2.45, 2.75) is 0 Å². The predicted octanol–water partition coefficient (Wildman–Crippen LogP) is 0.656. The molecule has 9 heavy (non-hydrogen) atoms. The normalized spacial score (nSPS) is 9.00. The molecule has 0 N–H and O–H groups in total. The molecule has 0 unspecified atom stereocenters. The van der Waals surface area contributed by atoms with E-state index in [2.05, 4.69) is 0 Å². The van der Waals surface area contributed by atoms with E-state index in [9.17, 15) is 0 Å². The molecule has 1 aromatic carbocycles. The van der Waals surface area contributed by atoms with Crippen molar-refractivity contribution in [1.82, 2.24) is 0 Å². The van der Waals surface area contributed by atoms with Crippen LogP contribution in [-0.2, 0) is 0 Å². The molecule has 1 aromatic rings. The van der Waals surface area contributed by atoms with Gasteiger partial charge in [-0.3, -0.25) is 0 Å². The van der Waals surface area contributed by atoms with E-state index in [1.165, 1.54) is 0 Å². The molecule has 0 aliphatic heterocycles. The SMILES string of the molecule is [SbH2][CH2]Oc1ccccc1. The van der Waals surface area contributed by atoms with Gasteiger partial charge < -0.3 is 0 Å². The molecule has 0 atom stereocenters. The van der Waals surface area contributed by atoms with E-state index in [0.29, 0.717) is 0 Å². The summed E-state index contributed by atoms with van der Waals surface area (Å²) in [6.45, 7) is 0. The van der Waals surface area contributed by atoms with Gasteiger partial charge in [0.15, 0.2) is 0 Å². The number of hydrogen-bond acceptors (Lipinski definition) is 1. The van der Waals surface area contributed by atoms with Crippen molar-refractivity contribution in [3.05, 3.63) is 30.3 Å². The summed E-state index contributed by atoms with van der Waals surface area (Å²) in [4.78, 5) is 0. The zero-order chi connectivity index (χ0) is 6.53. The molecule has 0 saturated heterocycles. The second-order valence-electron chi connectivity index (χ2n) is 1.62. The van der Waals surface area contributed by atoms with Crippen LogP contribution in [0.15, 0.2) is 30.3 Å². The molecule has 0 aliphatic carbocycles. The van der Waals surface area contributed by atoms with E-state index in [0.717, 1.165) is 33.3 Å². The van der Waals surface area contributed by atoms with Crippen molar-refractivity contribution in [1.29, 1.82) is 0 Å². The van der Waals surface area contributed by atoms with Crippen LogP contribution in [0.5, 0.6) is 5.75 Å². The molecule has 1 rings (SSSR count). The molecular weight excluding hydrogens is 222 g/mol. The molecule has 0 amide bonds. The molecule has 0 heterocycles. The van der Waals surface area contributed by atoms with Crippen LogP contribution in [0.1, 0.15) is 0 Å². The Morgan fingerprint density at radius 3 is 2.44 bits per heavy atom. The quantitative estimate of drug-likeness (QED) is 0.679. The summed E-state index contributed by atoms with van der Waals surface area (Å²) in [5.74, 6) is 0.977. The van der Waals surface area contributed by atoms with Gasteiger partial charge in [0.05, 0.1) is 0 Å². The van der Waals surface area contributed by atoms with E-state index in [4.69, 9.17) is 4.74 Å². The third-order valence-corrected chi connectivity index (χ3v) is 1.47. The van der Waals surface area contributed by atoms with Gasteiger partial charge in [0, 0.05) is 0 Å². The van der Waals surface area contributed by atoms with Crippen molar-refractivity contribution in [2.75, 3.05) is 4.55 Å². The molecule has 1 nitrogen and oxygen atoms in total. The standard InChI is InChI=1S/C7H7O.Sb.2H/c1-8-7-5-3-2-4-6-7;;;/h2-6H,1H2;;;. The Labute approximate surface area is 68.5 Å². The first-order valence-electron chi connectivity index (χ1n) is 2.81. The summed E-state index contributed by atoms with van der Waals surface area (Å²) in [6.07, 6.45) is 0. The Balaban J connectivity index is 2.61. The third-order valence-electron chi connectivity index (χ3n) is 0.993. The zero-order valence-electron chi connectivity index (χ0n) is 5.08. The van der Waals surface area contributed by atoms with Crippen LogP contribution in [0.2, 0.25) is 0 Å². The van der Waals surface area contributed by atoms with Crippen molar-refractivity contribution in [3.8, 4) is 5.75 Å². The topological polar surface area (TPSA) is 9.23 Å². The predicted molar refractivity (Wildman–Crippen MR) is 40.5 cm³/mol. The number of benzene rings is 1. The summed E-state index contributed by atoms with van der Waals surface area (Å²) in [5, 5.41) is 0. The summed E-state index contributed by atoms with van der Waals surface area (Å²) < 4.78 is 6.13. The number of hydrogen-bond donors (Lipinski definition) is 0. The molecule has 0 radical (unpaired) electrons. The van der Waals surface area contributed by atoms with Crippen molar-refractivity contribution in [3.63, 3.8) is 0 Å². The molecule has 48 valence electrons. The third kappa shape index (κ3) is 2.27. The Morgan fingerprint density at radius 1 is 1.22 bits per heavy atom. The van der Waals surface area contributed by atoms with E-state index in [-0.39, 0.29) is 0 Å². The molecule has 0 saturated carbocycles. The van der Waals surface area contributed by atoms with Gasteiger partial charge in [-0.2, -0.15) is 0 Å². The second kappa shape index (κ2) is 3.79. The van der Waals surface area contributed by atoms with E-state index in [1.54, 1.807) is 0 Å². The molecule has 0 aromatic heterocycles. The maximum absolute atomic E-state index is 5.26. The van der Waals surface area contributed by atoms with Crippen molar-refractivity contribution >= 4 is 23.0 Å². The first-order chi connectivity index (χ1) is 4.43. The fourth-order valence-corrected chi connectivity index (χ4v) is 1.16. The molecule has 2 heteroatoms. The average molecular weight is 231 g/mol. The van der Waals surface area contributed by atoms with Crippen LogP contribution < -0.4 is 4.74 Å². The van der Waals surface area contributed by atoms with Gasteiger partial charge >= 0.3 is 68.4 Å².